The number of aryl methyl sites for hydroxylation is 1. The van der Waals surface area contributed by atoms with E-state index in [0.29, 0.717) is 11.3 Å². The number of fused-ring (bicyclic) bond motifs is 1. The van der Waals surface area contributed by atoms with E-state index < -0.39 is 0 Å². The fourth-order valence-electron chi connectivity index (χ4n) is 2.42. The molecule has 0 atom stereocenters. The van der Waals surface area contributed by atoms with Crippen LogP contribution in [0.3, 0.4) is 0 Å². The van der Waals surface area contributed by atoms with Gasteiger partial charge >= 0.3 is 0 Å². The third-order valence-corrected chi connectivity index (χ3v) is 3.41. The molecule has 0 saturated carbocycles. The summed E-state index contributed by atoms with van der Waals surface area (Å²) in [5.74, 6) is 0.446. The maximum Gasteiger partial charge on any atom is 0.156 e. The largest absolute Gasteiger partial charge is 0.368 e. The Morgan fingerprint density at radius 2 is 1.81 bits per heavy atom. The highest BCUT2D eigenvalue weighted by molar-refractivity contribution is 6.00. The topological polar surface area (TPSA) is 37.8 Å². The highest BCUT2D eigenvalue weighted by Crippen LogP contribution is 2.31. The van der Waals surface area contributed by atoms with E-state index in [1.165, 1.54) is 6.07 Å². The van der Waals surface area contributed by atoms with Crippen LogP contribution in [0.2, 0.25) is 0 Å². The lowest BCUT2D eigenvalue weighted by Gasteiger charge is -2.11. The quantitative estimate of drug-likeness (QED) is 0.782. The van der Waals surface area contributed by atoms with Gasteiger partial charge in [-0.2, -0.15) is 0 Å². The minimum atomic E-state index is -0.281. The second kappa shape index (κ2) is 5.48. The number of benzene rings is 2. The van der Waals surface area contributed by atoms with Crippen molar-refractivity contribution in [3.8, 4) is 11.3 Å². The number of hydrogen-bond donors (Lipinski definition) is 1. The van der Waals surface area contributed by atoms with E-state index in [9.17, 15) is 4.39 Å². The van der Waals surface area contributed by atoms with Gasteiger partial charge in [0, 0.05) is 22.9 Å². The Morgan fingerprint density at radius 3 is 2.57 bits per heavy atom. The van der Waals surface area contributed by atoms with Crippen molar-refractivity contribution in [2.24, 2.45) is 0 Å². The van der Waals surface area contributed by atoms with Crippen LogP contribution >= 0.6 is 0 Å². The van der Waals surface area contributed by atoms with Gasteiger partial charge in [-0.05, 0) is 26.0 Å². The molecule has 0 radical (unpaired) electrons. The summed E-state index contributed by atoms with van der Waals surface area (Å²) in [6.45, 7) is 4.70. The molecular formula is C17H16FN3. The molecule has 0 aliphatic rings. The maximum absolute atomic E-state index is 14.1. The van der Waals surface area contributed by atoms with E-state index in [1.54, 1.807) is 12.1 Å². The number of rotatable bonds is 3. The number of anilines is 1. The molecule has 1 heterocycles. The van der Waals surface area contributed by atoms with Crippen LogP contribution in [-0.2, 0) is 0 Å². The lowest BCUT2D eigenvalue weighted by Crippen LogP contribution is -2.03. The van der Waals surface area contributed by atoms with Crippen LogP contribution in [0.15, 0.2) is 42.5 Å². The fourth-order valence-corrected chi connectivity index (χ4v) is 2.42. The number of halogens is 1. The highest BCUT2D eigenvalue weighted by Gasteiger charge is 2.13. The van der Waals surface area contributed by atoms with E-state index in [4.69, 9.17) is 0 Å². The normalized spacial score (nSPS) is 10.8. The Balaban J connectivity index is 2.29. The summed E-state index contributed by atoms with van der Waals surface area (Å²) in [5.41, 5.74) is 2.06. The first kappa shape index (κ1) is 13.5. The molecule has 3 rings (SSSR count). The Hall–Kier alpha value is -2.49. The van der Waals surface area contributed by atoms with E-state index in [1.807, 2.05) is 38.1 Å². The van der Waals surface area contributed by atoms with Gasteiger partial charge in [0.05, 0.1) is 0 Å². The summed E-state index contributed by atoms with van der Waals surface area (Å²) in [5, 5.41) is 13.5. The SMILES string of the molecule is CCNc1nnc(-c2cc(C)ccc2F)c2ccccc12. The Bertz CT molecular complexity index is 799. The lowest BCUT2D eigenvalue weighted by atomic mass is 10.0. The van der Waals surface area contributed by atoms with Crippen molar-refractivity contribution >= 4 is 16.6 Å². The minimum absolute atomic E-state index is 0.281. The molecule has 0 aliphatic carbocycles. The standard InChI is InChI=1S/C17H16FN3/c1-3-19-17-13-7-5-4-6-12(13)16(20-21-17)14-10-11(2)8-9-15(14)18/h4-10H,3H2,1-2H3,(H,19,21). The molecule has 3 nitrogen and oxygen atoms in total. The fraction of sp³-hybridized carbons (Fsp3) is 0.176. The maximum atomic E-state index is 14.1. The van der Waals surface area contributed by atoms with Crippen molar-refractivity contribution in [3.05, 3.63) is 53.8 Å². The van der Waals surface area contributed by atoms with Gasteiger partial charge in [-0.15, -0.1) is 10.2 Å². The molecule has 0 bridgehead atoms. The predicted molar refractivity (Wildman–Crippen MR) is 83.8 cm³/mol. The smallest absolute Gasteiger partial charge is 0.156 e. The highest BCUT2D eigenvalue weighted by atomic mass is 19.1. The van der Waals surface area contributed by atoms with Crippen molar-refractivity contribution < 1.29 is 4.39 Å². The molecule has 1 N–H and O–H groups in total. The summed E-state index contributed by atoms with van der Waals surface area (Å²) >= 11 is 0. The van der Waals surface area contributed by atoms with Gasteiger partial charge in [-0.1, -0.05) is 35.9 Å². The average Bonchev–Trinajstić information content (AvgIpc) is 2.51. The van der Waals surface area contributed by atoms with Crippen LogP contribution in [0.5, 0.6) is 0 Å². The van der Waals surface area contributed by atoms with Crippen LogP contribution in [0, 0.1) is 12.7 Å². The average molecular weight is 281 g/mol. The molecule has 0 unspecified atom stereocenters. The number of nitrogens with one attached hydrogen (secondary N) is 1. The van der Waals surface area contributed by atoms with E-state index >= 15 is 0 Å². The monoisotopic (exact) mass is 281 g/mol. The van der Waals surface area contributed by atoms with Crippen molar-refractivity contribution in [2.75, 3.05) is 11.9 Å². The number of hydrogen-bond acceptors (Lipinski definition) is 3. The lowest BCUT2D eigenvalue weighted by molar-refractivity contribution is 0.630. The van der Waals surface area contributed by atoms with Crippen molar-refractivity contribution in [3.63, 3.8) is 0 Å². The summed E-state index contributed by atoms with van der Waals surface area (Å²) in [6.07, 6.45) is 0. The van der Waals surface area contributed by atoms with Gasteiger partial charge < -0.3 is 5.32 Å². The zero-order valence-corrected chi connectivity index (χ0v) is 12.0. The molecule has 2 aromatic carbocycles. The molecular weight excluding hydrogens is 265 g/mol. The van der Waals surface area contributed by atoms with Gasteiger partial charge in [0.25, 0.3) is 0 Å². The summed E-state index contributed by atoms with van der Waals surface area (Å²) in [6, 6.07) is 12.8. The molecule has 0 aliphatic heterocycles. The van der Waals surface area contributed by atoms with Gasteiger partial charge in [-0.3, -0.25) is 0 Å². The minimum Gasteiger partial charge on any atom is -0.368 e. The first-order valence-corrected chi connectivity index (χ1v) is 6.96. The molecule has 0 saturated heterocycles. The van der Waals surface area contributed by atoms with Crippen LogP contribution in [0.25, 0.3) is 22.0 Å². The molecule has 3 aromatic rings. The Morgan fingerprint density at radius 1 is 1.05 bits per heavy atom. The van der Waals surface area contributed by atoms with Crippen LogP contribution in [0.1, 0.15) is 12.5 Å². The van der Waals surface area contributed by atoms with E-state index in [2.05, 4.69) is 15.5 Å². The zero-order chi connectivity index (χ0) is 14.8. The molecule has 1 aromatic heterocycles. The molecule has 21 heavy (non-hydrogen) atoms. The summed E-state index contributed by atoms with van der Waals surface area (Å²) < 4.78 is 14.1. The Kier molecular flexibility index (Phi) is 3.52. The zero-order valence-electron chi connectivity index (χ0n) is 12.0. The van der Waals surface area contributed by atoms with Gasteiger partial charge in [0.15, 0.2) is 5.82 Å². The second-order valence-electron chi connectivity index (χ2n) is 4.96. The van der Waals surface area contributed by atoms with Crippen molar-refractivity contribution in [1.82, 2.24) is 10.2 Å². The van der Waals surface area contributed by atoms with Gasteiger partial charge in [0.2, 0.25) is 0 Å². The third kappa shape index (κ3) is 2.44. The number of nitrogens with zero attached hydrogens (tertiary/aromatic N) is 2. The van der Waals surface area contributed by atoms with Crippen molar-refractivity contribution in [1.29, 1.82) is 0 Å². The second-order valence-corrected chi connectivity index (χ2v) is 4.96. The molecule has 106 valence electrons. The molecule has 4 heteroatoms. The van der Waals surface area contributed by atoms with E-state index in [-0.39, 0.29) is 5.82 Å². The summed E-state index contributed by atoms with van der Waals surface area (Å²) in [7, 11) is 0. The third-order valence-electron chi connectivity index (χ3n) is 3.41. The predicted octanol–water partition coefficient (Wildman–Crippen LogP) is 4.18. The number of aromatic nitrogens is 2. The summed E-state index contributed by atoms with van der Waals surface area (Å²) in [4.78, 5) is 0. The van der Waals surface area contributed by atoms with Crippen molar-refractivity contribution in [2.45, 2.75) is 13.8 Å². The van der Waals surface area contributed by atoms with Crippen LogP contribution in [-0.4, -0.2) is 16.7 Å². The molecule has 0 spiro atoms. The first-order chi connectivity index (χ1) is 10.2. The van der Waals surface area contributed by atoms with E-state index in [0.717, 1.165) is 28.7 Å². The van der Waals surface area contributed by atoms with Gasteiger partial charge in [-0.25, -0.2) is 4.39 Å². The van der Waals surface area contributed by atoms with Gasteiger partial charge in [0.1, 0.15) is 11.5 Å². The first-order valence-electron chi connectivity index (χ1n) is 6.96. The Labute approximate surface area is 122 Å². The van der Waals surface area contributed by atoms with Crippen LogP contribution in [0.4, 0.5) is 10.2 Å². The molecule has 0 amide bonds. The molecule has 0 fully saturated rings. The van der Waals surface area contributed by atoms with Crippen LogP contribution < -0.4 is 5.32 Å².